The third-order valence-corrected chi connectivity index (χ3v) is 1.85. The highest BCUT2D eigenvalue weighted by Crippen LogP contribution is 2.09. The van der Waals surface area contributed by atoms with E-state index in [4.69, 9.17) is 4.74 Å². The molecule has 0 unspecified atom stereocenters. The number of nitrogens with one attached hydrogen (secondary N) is 1. The first kappa shape index (κ1) is 11.1. The molecule has 0 atom stereocenters. The van der Waals surface area contributed by atoms with Crippen molar-refractivity contribution in [1.29, 1.82) is 0 Å². The Balaban J connectivity index is 2.30. The average Bonchev–Trinajstić information content (AvgIpc) is 2.52. The lowest BCUT2D eigenvalue weighted by Gasteiger charge is -2.18. The minimum atomic E-state index is -0.307. The lowest BCUT2D eigenvalue weighted by atomic mass is 10.2. The number of anilines is 1. The molecule has 0 spiro atoms. The van der Waals surface area contributed by atoms with Crippen molar-refractivity contribution < 1.29 is 9.53 Å². The number of carbonyl (C=O) groups is 1. The van der Waals surface area contributed by atoms with Crippen LogP contribution in [0.2, 0.25) is 0 Å². The van der Waals surface area contributed by atoms with Crippen LogP contribution in [0.25, 0.3) is 0 Å². The smallest absolute Gasteiger partial charge is 0.252 e. The van der Waals surface area contributed by atoms with Gasteiger partial charge in [-0.15, -0.1) is 10.2 Å². The summed E-state index contributed by atoms with van der Waals surface area (Å²) in [7, 11) is 0. The maximum atomic E-state index is 11.3. The van der Waals surface area contributed by atoms with Crippen molar-refractivity contribution in [3.05, 3.63) is 5.51 Å². The normalized spacial score (nSPS) is 11.4. The molecule has 0 saturated heterocycles. The quantitative estimate of drug-likeness (QED) is 0.825. The molecule has 0 bridgehead atoms. The number of aromatic nitrogens is 2. The van der Waals surface area contributed by atoms with Crippen molar-refractivity contribution in [1.82, 2.24) is 10.2 Å². The van der Waals surface area contributed by atoms with E-state index in [0.29, 0.717) is 5.13 Å². The molecule has 1 rings (SSSR count). The Labute approximate surface area is 86.5 Å². The molecule has 1 N–H and O–H groups in total. The van der Waals surface area contributed by atoms with Crippen molar-refractivity contribution in [2.24, 2.45) is 0 Å². The van der Waals surface area contributed by atoms with Gasteiger partial charge in [-0.3, -0.25) is 10.1 Å². The Morgan fingerprint density at radius 3 is 2.86 bits per heavy atom. The zero-order valence-electron chi connectivity index (χ0n) is 8.40. The summed E-state index contributed by atoms with van der Waals surface area (Å²) < 4.78 is 5.28. The summed E-state index contributed by atoms with van der Waals surface area (Å²) in [5.41, 5.74) is 1.25. The Morgan fingerprint density at radius 1 is 1.64 bits per heavy atom. The number of rotatable bonds is 3. The lowest BCUT2D eigenvalue weighted by Crippen LogP contribution is -2.27. The molecule has 5 nitrogen and oxygen atoms in total. The van der Waals surface area contributed by atoms with E-state index in [1.807, 2.05) is 20.8 Å². The van der Waals surface area contributed by atoms with Crippen LogP contribution < -0.4 is 5.32 Å². The van der Waals surface area contributed by atoms with E-state index in [1.54, 1.807) is 5.51 Å². The molecule has 1 heterocycles. The highest BCUT2D eigenvalue weighted by molar-refractivity contribution is 7.13. The number of amides is 1. The van der Waals surface area contributed by atoms with Crippen molar-refractivity contribution in [3.63, 3.8) is 0 Å². The van der Waals surface area contributed by atoms with E-state index in [0.717, 1.165) is 0 Å². The van der Waals surface area contributed by atoms with Crippen LogP contribution in [0.5, 0.6) is 0 Å². The van der Waals surface area contributed by atoms with Crippen molar-refractivity contribution >= 4 is 22.4 Å². The molecular weight excluding hydrogens is 202 g/mol. The van der Waals surface area contributed by atoms with Gasteiger partial charge in [-0.2, -0.15) is 0 Å². The zero-order valence-corrected chi connectivity index (χ0v) is 9.22. The van der Waals surface area contributed by atoms with Gasteiger partial charge in [0.05, 0.1) is 5.60 Å². The van der Waals surface area contributed by atoms with Crippen LogP contribution in [0.4, 0.5) is 5.13 Å². The van der Waals surface area contributed by atoms with Crippen LogP contribution in [0.1, 0.15) is 20.8 Å². The molecule has 0 aromatic carbocycles. The predicted molar refractivity (Wildman–Crippen MR) is 54.2 cm³/mol. The second-order valence-corrected chi connectivity index (χ2v) is 4.53. The molecule has 1 amide bonds. The zero-order chi connectivity index (χ0) is 10.6. The minimum absolute atomic E-state index is 0.0308. The van der Waals surface area contributed by atoms with Gasteiger partial charge in [0.25, 0.3) is 5.91 Å². The molecule has 0 aliphatic carbocycles. The van der Waals surface area contributed by atoms with Gasteiger partial charge in [0.2, 0.25) is 5.13 Å². The summed E-state index contributed by atoms with van der Waals surface area (Å²) in [4.78, 5) is 11.3. The highest BCUT2D eigenvalue weighted by Gasteiger charge is 2.13. The van der Waals surface area contributed by atoms with Crippen molar-refractivity contribution in [3.8, 4) is 0 Å². The maximum absolute atomic E-state index is 11.3. The number of hydrogen-bond donors (Lipinski definition) is 1. The first-order chi connectivity index (χ1) is 6.47. The predicted octanol–water partition coefficient (Wildman–Crippen LogP) is 1.29. The van der Waals surface area contributed by atoms with Crippen LogP contribution in [0.15, 0.2) is 5.51 Å². The Kier molecular flexibility index (Phi) is 3.54. The minimum Gasteiger partial charge on any atom is -0.366 e. The molecule has 0 aliphatic heterocycles. The number of carbonyl (C=O) groups excluding carboxylic acids is 1. The molecule has 6 heteroatoms. The molecule has 0 radical (unpaired) electrons. The van der Waals surface area contributed by atoms with E-state index < -0.39 is 0 Å². The van der Waals surface area contributed by atoms with E-state index in [9.17, 15) is 4.79 Å². The van der Waals surface area contributed by atoms with Crippen molar-refractivity contribution in [2.45, 2.75) is 26.4 Å². The first-order valence-electron chi connectivity index (χ1n) is 4.17. The van der Waals surface area contributed by atoms with Gasteiger partial charge in [-0.25, -0.2) is 0 Å². The van der Waals surface area contributed by atoms with Crippen LogP contribution in [-0.4, -0.2) is 28.3 Å². The second-order valence-electron chi connectivity index (χ2n) is 3.69. The molecular formula is C8H13N3O2S. The Bertz CT molecular complexity index is 292. The topological polar surface area (TPSA) is 64.1 Å². The van der Waals surface area contributed by atoms with E-state index >= 15 is 0 Å². The summed E-state index contributed by atoms with van der Waals surface area (Å²) in [6.45, 7) is 5.71. The largest absolute Gasteiger partial charge is 0.366 e. The summed E-state index contributed by atoms with van der Waals surface area (Å²) >= 11 is 1.27. The van der Waals surface area contributed by atoms with Gasteiger partial charge in [0.1, 0.15) is 12.1 Å². The standard InChI is InChI=1S/C8H13N3O2S/c1-8(2,3)13-4-6(12)10-7-11-9-5-14-7/h5H,4H2,1-3H3,(H,10,11,12). The summed E-state index contributed by atoms with van der Waals surface area (Å²) in [6.07, 6.45) is 0. The third-order valence-electron chi connectivity index (χ3n) is 1.24. The van der Waals surface area contributed by atoms with Gasteiger partial charge in [0, 0.05) is 0 Å². The van der Waals surface area contributed by atoms with Gasteiger partial charge in [-0.05, 0) is 20.8 Å². The number of nitrogens with zero attached hydrogens (tertiary/aromatic N) is 2. The highest BCUT2D eigenvalue weighted by atomic mass is 32.1. The summed E-state index contributed by atoms with van der Waals surface area (Å²) in [5.74, 6) is -0.211. The van der Waals surface area contributed by atoms with Gasteiger partial charge in [0.15, 0.2) is 0 Å². The molecule has 1 aromatic rings. The number of ether oxygens (including phenoxy) is 1. The molecule has 1 aromatic heterocycles. The molecule has 0 saturated carbocycles. The Hall–Kier alpha value is -1.01. The second kappa shape index (κ2) is 4.47. The average molecular weight is 215 g/mol. The van der Waals surface area contributed by atoms with Gasteiger partial charge >= 0.3 is 0 Å². The van der Waals surface area contributed by atoms with Crippen LogP contribution in [-0.2, 0) is 9.53 Å². The SMILES string of the molecule is CC(C)(C)OCC(=O)Nc1nncs1. The maximum Gasteiger partial charge on any atom is 0.252 e. The molecule has 0 aliphatic rings. The molecule has 0 fully saturated rings. The van der Waals surface area contributed by atoms with Crippen LogP contribution in [0, 0.1) is 0 Å². The molecule has 78 valence electrons. The van der Waals surface area contributed by atoms with Crippen molar-refractivity contribution in [2.75, 3.05) is 11.9 Å². The van der Waals surface area contributed by atoms with Crippen LogP contribution >= 0.6 is 11.3 Å². The van der Waals surface area contributed by atoms with Gasteiger partial charge in [-0.1, -0.05) is 11.3 Å². The lowest BCUT2D eigenvalue weighted by molar-refractivity contribution is -0.125. The fraction of sp³-hybridized carbons (Fsp3) is 0.625. The summed E-state index contributed by atoms with van der Waals surface area (Å²) in [6, 6.07) is 0. The summed E-state index contributed by atoms with van der Waals surface area (Å²) in [5, 5.41) is 10.3. The third kappa shape index (κ3) is 4.29. The molecule has 14 heavy (non-hydrogen) atoms. The van der Waals surface area contributed by atoms with E-state index in [1.165, 1.54) is 11.3 Å². The first-order valence-corrected chi connectivity index (χ1v) is 5.05. The fourth-order valence-corrected chi connectivity index (χ4v) is 1.13. The Morgan fingerprint density at radius 2 is 2.36 bits per heavy atom. The van der Waals surface area contributed by atoms with E-state index in [-0.39, 0.29) is 18.1 Å². The van der Waals surface area contributed by atoms with E-state index in [2.05, 4.69) is 15.5 Å². The van der Waals surface area contributed by atoms with Crippen LogP contribution in [0.3, 0.4) is 0 Å². The number of hydrogen-bond acceptors (Lipinski definition) is 5. The monoisotopic (exact) mass is 215 g/mol. The van der Waals surface area contributed by atoms with Gasteiger partial charge < -0.3 is 4.74 Å². The fourth-order valence-electron chi connectivity index (χ4n) is 0.665.